The zero-order chi connectivity index (χ0) is 11.8. The van der Waals surface area contributed by atoms with Gasteiger partial charge in [-0.2, -0.15) is 0 Å². The third-order valence-electron chi connectivity index (χ3n) is 2.60. The van der Waals surface area contributed by atoms with Crippen LogP contribution in [-0.2, 0) is 11.3 Å². The number of rotatable bonds is 8. The molecule has 0 bridgehead atoms. The maximum atomic E-state index is 5.32. The molecule has 4 nitrogen and oxygen atoms in total. The van der Waals surface area contributed by atoms with Crippen LogP contribution in [-0.4, -0.2) is 28.8 Å². The van der Waals surface area contributed by atoms with E-state index in [1.165, 1.54) is 0 Å². The molecule has 0 saturated heterocycles. The molecule has 0 aromatic carbocycles. The Hall–Kier alpha value is -1.03. The van der Waals surface area contributed by atoms with Crippen molar-refractivity contribution in [1.29, 1.82) is 0 Å². The van der Waals surface area contributed by atoms with E-state index in [2.05, 4.69) is 28.7 Å². The van der Waals surface area contributed by atoms with Gasteiger partial charge in [0.2, 0.25) is 5.95 Å². The summed E-state index contributed by atoms with van der Waals surface area (Å²) in [5, 5.41) is 3.39. The minimum atomic E-state index is 0.466. The predicted molar refractivity (Wildman–Crippen MR) is 66.7 cm³/mol. The van der Waals surface area contributed by atoms with Crippen molar-refractivity contribution >= 4 is 5.95 Å². The van der Waals surface area contributed by atoms with Gasteiger partial charge in [-0.05, 0) is 26.7 Å². The second-order valence-electron chi connectivity index (χ2n) is 3.95. The molecular weight excluding hydrogens is 202 g/mol. The zero-order valence-electron chi connectivity index (χ0n) is 10.6. The first kappa shape index (κ1) is 13.0. The summed E-state index contributed by atoms with van der Waals surface area (Å²) in [6.45, 7) is 8.92. The van der Waals surface area contributed by atoms with Crippen molar-refractivity contribution in [2.45, 2.75) is 46.2 Å². The summed E-state index contributed by atoms with van der Waals surface area (Å²) in [4.78, 5) is 4.31. The maximum Gasteiger partial charge on any atom is 0.202 e. The normalized spacial score (nSPS) is 12.7. The van der Waals surface area contributed by atoms with Crippen LogP contribution < -0.4 is 5.32 Å². The molecule has 0 aliphatic carbocycles. The number of hydrogen-bond donors (Lipinski definition) is 1. The Morgan fingerprint density at radius 2 is 2.31 bits per heavy atom. The standard InChI is InChI=1S/C12H23N3O/c1-4-11(3)14-12-13-7-9-15(12)8-6-10-16-5-2/h7,9,11H,4-6,8,10H2,1-3H3,(H,13,14). The first-order valence-electron chi connectivity index (χ1n) is 6.13. The minimum Gasteiger partial charge on any atom is -0.382 e. The number of nitrogens with zero attached hydrogens (tertiary/aromatic N) is 2. The van der Waals surface area contributed by atoms with Crippen LogP contribution in [0.25, 0.3) is 0 Å². The molecule has 1 aromatic heterocycles. The lowest BCUT2D eigenvalue weighted by molar-refractivity contribution is 0.142. The molecule has 0 saturated carbocycles. The lowest BCUT2D eigenvalue weighted by atomic mass is 10.3. The molecule has 1 aromatic rings. The third-order valence-corrected chi connectivity index (χ3v) is 2.60. The first-order chi connectivity index (χ1) is 7.77. The largest absolute Gasteiger partial charge is 0.382 e. The summed E-state index contributed by atoms with van der Waals surface area (Å²) < 4.78 is 7.46. The predicted octanol–water partition coefficient (Wildman–Crippen LogP) is 2.52. The van der Waals surface area contributed by atoms with Crippen molar-refractivity contribution in [1.82, 2.24) is 9.55 Å². The fourth-order valence-electron chi connectivity index (χ4n) is 1.43. The molecule has 0 spiro atoms. The van der Waals surface area contributed by atoms with Crippen LogP contribution in [0.15, 0.2) is 12.4 Å². The summed E-state index contributed by atoms with van der Waals surface area (Å²) in [6.07, 6.45) is 5.98. The van der Waals surface area contributed by atoms with E-state index in [9.17, 15) is 0 Å². The Bertz CT molecular complexity index is 286. The Morgan fingerprint density at radius 3 is 3.00 bits per heavy atom. The van der Waals surface area contributed by atoms with E-state index in [1.807, 2.05) is 19.3 Å². The van der Waals surface area contributed by atoms with Gasteiger partial charge in [-0.1, -0.05) is 6.92 Å². The van der Waals surface area contributed by atoms with Crippen molar-refractivity contribution in [2.75, 3.05) is 18.5 Å². The number of hydrogen-bond acceptors (Lipinski definition) is 3. The molecule has 0 aliphatic heterocycles. The van der Waals surface area contributed by atoms with Gasteiger partial charge in [0.15, 0.2) is 0 Å². The van der Waals surface area contributed by atoms with E-state index in [4.69, 9.17) is 4.74 Å². The van der Waals surface area contributed by atoms with Gasteiger partial charge in [0.25, 0.3) is 0 Å². The van der Waals surface area contributed by atoms with Gasteiger partial charge in [-0.3, -0.25) is 0 Å². The maximum absolute atomic E-state index is 5.32. The summed E-state index contributed by atoms with van der Waals surface area (Å²) in [5.41, 5.74) is 0. The van der Waals surface area contributed by atoms with Crippen molar-refractivity contribution in [3.8, 4) is 0 Å². The lowest BCUT2D eigenvalue weighted by Gasteiger charge is -2.14. The Kier molecular flexibility index (Phi) is 5.93. The van der Waals surface area contributed by atoms with E-state index in [1.54, 1.807) is 0 Å². The van der Waals surface area contributed by atoms with Crippen molar-refractivity contribution < 1.29 is 4.74 Å². The van der Waals surface area contributed by atoms with Gasteiger partial charge in [0, 0.05) is 38.2 Å². The molecule has 1 unspecified atom stereocenters. The van der Waals surface area contributed by atoms with E-state index in [0.29, 0.717) is 6.04 Å². The highest BCUT2D eigenvalue weighted by atomic mass is 16.5. The molecule has 0 fully saturated rings. The highest BCUT2D eigenvalue weighted by Gasteiger charge is 2.04. The molecule has 1 heterocycles. The summed E-state index contributed by atoms with van der Waals surface area (Å²) >= 11 is 0. The Labute approximate surface area is 98.0 Å². The number of aryl methyl sites for hydroxylation is 1. The first-order valence-corrected chi connectivity index (χ1v) is 6.13. The van der Waals surface area contributed by atoms with Crippen molar-refractivity contribution in [3.63, 3.8) is 0 Å². The topological polar surface area (TPSA) is 39.1 Å². The summed E-state index contributed by atoms with van der Waals surface area (Å²) in [7, 11) is 0. The molecule has 1 rings (SSSR count). The van der Waals surface area contributed by atoms with E-state index < -0.39 is 0 Å². The van der Waals surface area contributed by atoms with E-state index in [0.717, 1.165) is 38.5 Å². The van der Waals surface area contributed by atoms with Gasteiger partial charge in [0.1, 0.15) is 0 Å². The van der Waals surface area contributed by atoms with Crippen LogP contribution in [0.5, 0.6) is 0 Å². The van der Waals surface area contributed by atoms with Crippen LogP contribution in [0, 0.1) is 0 Å². The average molecular weight is 225 g/mol. The highest BCUT2D eigenvalue weighted by Crippen LogP contribution is 2.08. The zero-order valence-corrected chi connectivity index (χ0v) is 10.6. The van der Waals surface area contributed by atoms with Crippen LogP contribution in [0.4, 0.5) is 5.95 Å². The van der Waals surface area contributed by atoms with Gasteiger partial charge >= 0.3 is 0 Å². The molecule has 1 atom stereocenters. The lowest BCUT2D eigenvalue weighted by Crippen LogP contribution is -2.17. The van der Waals surface area contributed by atoms with Crippen LogP contribution in [0.2, 0.25) is 0 Å². The van der Waals surface area contributed by atoms with Gasteiger partial charge in [-0.25, -0.2) is 4.98 Å². The minimum absolute atomic E-state index is 0.466. The number of ether oxygens (including phenoxy) is 1. The fourth-order valence-corrected chi connectivity index (χ4v) is 1.43. The second-order valence-corrected chi connectivity index (χ2v) is 3.95. The smallest absolute Gasteiger partial charge is 0.202 e. The van der Waals surface area contributed by atoms with Crippen LogP contribution in [0.3, 0.4) is 0 Å². The molecule has 0 amide bonds. The quantitative estimate of drug-likeness (QED) is 0.691. The van der Waals surface area contributed by atoms with Gasteiger partial charge in [0.05, 0.1) is 0 Å². The highest BCUT2D eigenvalue weighted by molar-refractivity contribution is 5.26. The number of nitrogens with one attached hydrogen (secondary N) is 1. The number of aromatic nitrogens is 2. The van der Waals surface area contributed by atoms with Crippen LogP contribution >= 0.6 is 0 Å². The molecule has 16 heavy (non-hydrogen) atoms. The number of imidazole rings is 1. The SMILES string of the molecule is CCOCCCn1ccnc1NC(C)CC. The van der Waals surface area contributed by atoms with E-state index in [-0.39, 0.29) is 0 Å². The molecule has 1 N–H and O–H groups in total. The molecular formula is C12H23N3O. The van der Waals surface area contributed by atoms with Gasteiger partial charge < -0.3 is 14.6 Å². The molecule has 4 heteroatoms. The molecule has 0 aliphatic rings. The monoisotopic (exact) mass is 225 g/mol. The van der Waals surface area contributed by atoms with Gasteiger partial charge in [-0.15, -0.1) is 0 Å². The molecule has 92 valence electrons. The Morgan fingerprint density at radius 1 is 1.50 bits per heavy atom. The third kappa shape index (κ3) is 4.23. The number of anilines is 1. The van der Waals surface area contributed by atoms with E-state index >= 15 is 0 Å². The average Bonchev–Trinajstić information content (AvgIpc) is 2.72. The molecule has 0 radical (unpaired) electrons. The van der Waals surface area contributed by atoms with Crippen LogP contribution in [0.1, 0.15) is 33.6 Å². The summed E-state index contributed by atoms with van der Waals surface area (Å²) in [6, 6.07) is 0.466. The second kappa shape index (κ2) is 7.28. The Balaban J connectivity index is 2.38. The summed E-state index contributed by atoms with van der Waals surface area (Å²) in [5.74, 6) is 0.964. The fraction of sp³-hybridized carbons (Fsp3) is 0.750. The van der Waals surface area contributed by atoms with Crippen molar-refractivity contribution in [3.05, 3.63) is 12.4 Å². The van der Waals surface area contributed by atoms with Crippen molar-refractivity contribution in [2.24, 2.45) is 0 Å².